The molecule has 2 heterocycles. The van der Waals surface area contributed by atoms with Crippen molar-refractivity contribution < 1.29 is 9.59 Å². The van der Waals surface area contributed by atoms with E-state index in [0.29, 0.717) is 0 Å². The molecular weight excluding hydrogens is 220 g/mol. The van der Waals surface area contributed by atoms with E-state index in [-0.39, 0.29) is 11.8 Å². The number of fused-ring (bicyclic) bond motifs is 1. The summed E-state index contributed by atoms with van der Waals surface area (Å²) in [5.74, 6) is -0.717. The van der Waals surface area contributed by atoms with Crippen LogP contribution in [0.5, 0.6) is 0 Å². The fourth-order valence-corrected chi connectivity index (χ4v) is 2.07. The molecule has 17 heavy (non-hydrogen) atoms. The Balaban J connectivity index is 1.99. The molecule has 1 aromatic carbocycles. The molecule has 0 bridgehead atoms. The summed E-state index contributed by atoms with van der Waals surface area (Å²) in [6.45, 7) is 1.95. The Morgan fingerprint density at radius 2 is 2.12 bits per heavy atom. The average molecular weight is 230 g/mol. The maximum Gasteiger partial charge on any atom is 0.256 e. The summed E-state index contributed by atoms with van der Waals surface area (Å²) < 4.78 is 0. The Bertz CT molecular complexity index is 540. The number of aryl methyl sites for hydroxylation is 1. The van der Waals surface area contributed by atoms with Gasteiger partial charge in [-0.1, -0.05) is 17.4 Å². The van der Waals surface area contributed by atoms with Gasteiger partial charge in [0.15, 0.2) is 12.1 Å². The third-order valence-electron chi connectivity index (χ3n) is 2.88. The van der Waals surface area contributed by atoms with Crippen LogP contribution in [0.15, 0.2) is 34.6 Å². The van der Waals surface area contributed by atoms with Crippen LogP contribution in [0.2, 0.25) is 0 Å². The largest absolute Gasteiger partial charge is 0.292 e. The van der Waals surface area contributed by atoms with Crippen molar-refractivity contribution in [2.75, 3.05) is 5.01 Å². The van der Waals surface area contributed by atoms with Crippen molar-refractivity contribution in [3.05, 3.63) is 29.8 Å². The van der Waals surface area contributed by atoms with E-state index in [1.54, 1.807) is 0 Å². The van der Waals surface area contributed by atoms with Gasteiger partial charge in [0.1, 0.15) is 0 Å². The van der Waals surface area contributed by atoms with Crippen molar-refractivity contribution >= 4 is 17.5 Å². The fourth-order valence-electron chi connectivity index (χ4n) is 2.07. The van der Waals surface area contributed by atoms with Crippen LogP contribution in [0.4, 0.5) is 5.69 Å². The molecule has 1 saturated heterocycles. The Labute approximate surface area is 97.3 Å². The summed E-state index contributed by atoms with van der Waals surface area (Å²) in [5, 5.41) is 11.5. The van der Waals surface area contributed by atoms with Crippen molar-refractivity contribution in [1.82, 2.24) is 5.32 Å². The molecule has 86 valence electrons. The molecule has 2 unspecified atom stereocenters. The second-order valence-electron chi connectivity index (χ2n) is 4.13. The van der Waals surface area contributed by atoms with Gasteiger partial charge in [-0.25, -0.2) is 5.01 Å². The quantitative estimate of drug-likeness (QED) is 0.717. The first-order valence-electron chi connectivity index (χ1n) is 5.28. The van der Waals surface area contributed by atoms with E-state index in [4.69, 9.17) is 0 Å². The zero-order valence-electron chi connectivity index (χ0n) is 9.12. The van der Waals surface area contributed by atoms with Gasteiger partial charge in [0.25, 0.3) is 11.8 Å². The molecule has 2 aliphatic heterocycles. The molecule has 6 heteroatoms. The number of hydrogen-bond donors (Lipinski definition) is 1. The monoisotopic (exact) mass is 230 g/mol. The van der Waals surface area contributed by atoms with Gasteiger partial charge < -0.3 is 0 Å². The smallest absolute Gasteiger partial charge is 0.256 e. The average Bonchev–Trinajstić information content (AvgIpc) is 2.82. The molecule has 0 aliphatic carbocycles. The van der Waals surface area contributed by atoms with Gasteiger partial charge in [-0.2, -0.15) is 5.11 Å². The second kappa shape index (κ2) is 3.38. The molecule has 3 rings (SSSR count). The predicted molar refractivity (Wildman–Crippen MR) is 59.2 cm³/mol. The molecule has 0 radical (unpaired) electrons. The Morgan fingerprint density at radius 3 is 2.88 bits per heavy atom. The highest BCUT2D eigenvalue weighted by Gasteiger charge is 2.49. The van der Waals surface area contributed by atoms with E-state index in [2.05, 4.69) is 15.7 Å². The molecule has 0 saturated carbocycles. The van der Waals surface area contributed by atoms with Crippen molar-refractivity contribution in [3.8, 4) is 0 Å². The molecule has 2 atom stereocenters. The maximum absolute atomic E-state index is 11.6. The Morgan fingerprint density at radius 1 is 1.29 bits per heavy atom. The first-order valence-corrected chi connectivity index (χ1v) is 5.28. The highest BCUT2D eigenvalue weighted by atomic mass is 16.2. The number of benzene rings is 1. The standard InChI is InChI=1S/C11H10N4O2/c1-6-3-2-4-7(5-6)15-9-8(13-14-15)10(16)12-11(9)17/h2-5,8-9H,1H3,(H,12,16,17). The molecule has 6 nitrogen and oxygen atoms in total. The molecule has 1 N–H and O–H groups in total. The molecular formula is C11H10N4O2. The van der Waals surface area contributed by atoms with Gasteiger partial charge in [-0.05, 0) is 24.6 Å². The zero-order valence-corrected chi connectivity index (χ0v) is 9.12. The number of amides is 2. The fraction of sp³-hybridized carbons (Fsp3) is 0.273. The second-order valence-corrected chi connectivity index (χ2v) is 4.13. The minimum Gasteiger partial charge on any atom is -0.292 e. The first kappa shape index (κ1) is 9.95. The minimum atomic E-state index is -0.706. The van der Waals surface area contributed by atoms with Crippen molar-refractivity contribution in [2.45, 2.75) is 19.0 Å². The van der Waals surface area contributed by atoms with E-state index in [9.17, 15) is 9.59 Å². The van der Waals surface area contributed by atoms with Crippen LogP contribution in [0.3, 0.4) is 0 Å². The predicted octanol–water partition coefficient (Wildman–Crippen LogP) is 0.576. The molecule has 2 amide bonds. The highest BCUT2D eigenvalue weighted by molar-refractivity contribution is 6.11. The summed E-state index contributed by atoms with van der Waals surface area (Å²) in [7, 11) is 0. The third-order valence-corrected chi connectivity index (χ3v) is 2.88. The van der Waals surface area contributed by atoms with Gasteiger partial charge >= 0.3 is 0 Å². The lowest BCUT2D eigenvalue weighted by molar-refractivity contribution is -0.125. The minimum absolute atomic E-state index is 0.341. The number of carbonyl (C=O) groups is 2. The molecule has 1 aromatic rings. The van der Waals surface area contributed by atoms with Crippen molar-refractivity contribution in [3.63, 3.8) is 0 Å². The Kier molecular flexibility index (Phi) is 1.98. The van der Waals surface area contributed by atoms with Gasteiger partial charge in [0.2, 0.25) is 0 Å². The van der Waals surface area contributed by atoms with Crippen LogP contribution in [0, 0.1) is 6.92 Å². The highest BCUT2D eigenvalue weighted by Crippen LogP contribution is 2.29. The molecule has 0 aromatic heterocycles. The lowest BCUT2D eigenvalue weighted by Crippen LogP contribution is -2.38. The van der Waals surface area contributed by atoms with Crippen LogP contribution >= 0.6 is 0 Å². The number of anilines is 1. The number of hydrogen-bond acceptors (Lipinski definition) is 5. The van der Waals surface area contributed by atoms with E-state index in [1.807, 2.05) is 31.2 Å². The van der Waals surface area contributed by atoms with Gasteiger partial charge in [0.05, 0.1) is 5.69 Å². The lowest BCUT2D eigenvalue weighted by Gasteiger charge is -2.18. The zero-order chi connectivity index (χ0) is 12.0. The van der Waals surface area contributed by atoms with E-state index in [1.165, 1.54) is 5.01 Å². The molecule has 0 spiro atoms. The summed E-state index contributed by atoms with van der Waals surface area (Å²) in [6.07, 6.45) is 0. The van der Waals surface area contributed by atoms with E-state index >= 15 is 0 Å². The van der Waals surface area contributed by atoms with Gasteiger partial charge in [-0.15, -0.1) is 0 Å². The summed E-state index contributed by atoms with van der Waals surface area (Å²) >= 11 is 0. The SMILES string of the molecule is Cc1cccc(N2N=NC3C(=O)NC(=O)C32)c1. The van der Waals surface area contributed by atoms with Crippen molar-refractivity contribution in [2.24, 2.45) is 10.3 Å². The summed E-state index contributed by atoms with van der Waals surface area (Å²) in [5.41, 5.74) is 1.83. The van der Waals surface area contributed by atoms with Gasteiger partial charge in [0, 0.05) is 0 Å². The number of nitrogens with zero attached hydrogens (tertiary/aromatic N) is 3. The normalized spacial score (nSPS) is 26.3. The van der Waals surface area contributed by atoms with Gasteiger partial charge in [-0.3, -0.25) is 14.9 Å². The number of nitrogens with one attached hydrogen (secondary N) is 1. The third kappa shape index (κ3) is 1.41. The van der Waals surface area contributed by atoms with E-state index in [0.717, 1.165) is 11.3 Å². The molecule has 2 aliphatic rings. The van der Waals surface area contributed by atoms with Crippen LogP contribution < -0.4 is 10.3 Å². The maximum atomic E-state index is 11.6. The summed E-state index contributed by atoms with van der Waals surface area (Å²) in [6, 6.07) is 6.23. The van der Waals surface area contributed by atoms with Crippen molar-refractivity contribution in [1.29, 1.82) is 0 Å². The topological polar surface area (TPSA) is 74.1 Å². The summed E-state index contributed by atoms with van der Waals surface area (Å²) in [4.78, 5) is 23.0. The molecule has 1 fully saturated rings. The van der Waals surface area contributed by atoms with E-state index < -0.39 is 12.1 Å². The number of imide groups is 1. The lowest BCUT2D eigenvalue weighted by atomic mass is 10.1. The Hall–Kier alpha value is -2.24. The van der Waals surface area contributed by atoms with Crippen LogP contribution in [-0.2, 0) is 9.59 Å². The number of rotatable bonds is 1. The van der Waals surface area contributed by atoms with Crippen LogP contribution in [0.1, 0.15) is 5.56 Å². The van der Waals surface area contributed by atoms with Crippen LogP contribution in [0.25, 0.3) is 0 Å². The first-order chi connectivity index (χ1) is 8.16. The number of carbonyl (C=O) groups excluding carboxylic acids is 2. The van der Waals surface area contributed by atoms with Crippen LogP contribution in [-0.4, -0.2) is 23.9 Å².